The maximum atomic E-state index is 13.0. The minimum atomic E-state index is -0.270. The first kappa shape index (κ1) is 12.9. The molecule has 4 heteroatoms. The standard InChI is InChI=1S/C14H19FN2O/c1-11-5-2-3-8-17(11)14(18)16-10-12-6-4-7-13(15)9-12/h4,6-7,9,11H,2-3,5,8,10H2,1H3,(H,16,18). The third-order valence-electron chi connectivity index (χ3n) is 3.40. The van der Waals surface area contributed by atoms with Crippen molar-refractivity contribution in [2.24, 2.45) is 0 Å². The van der Waals surface area contributed by atoms with Crippen LogP contribution in [0.2, 0.25) is 0 Å². The van der Waals surface area contributed by atoms with Crippen molar-refractivity contribution < 1.29 is 9.18 Å². The van der Waals surface area contributed by atoms with E-state index >= 15 is 0 Å². The Balaban J connectivity index is 1.88. The average Bonchev–Trinajstić information content (AvgIpc) is 2.37. The zero-order chi connectivity index (χ0) is 13.0. The van der Waals surface area contributed by atoms with Crippen LogP contribution in [0.4, 0.5) is 9.18 Å². The average molecular weight is 250 g/mol. The molecule has 0 saturated carbocycles. The van der Waals surface area contributed by atoms with E-state index in [4.69, 9.17) is 0 Å². The van der Waals surface area contributed by atoms with E-state index in [0.29, 0.717) is 12.6 Å². The number of hydrogen-bond donors (Lipinski definition) is 1. The van der Waals surface area contributed by atoms with Gasteiger partial charge in [0.1, 0.15) is 5.82 Å². The van der Waals surface area contributed by atoms with Gasteiger partial charge in [-0.1, -0.05) is 12.1 Å². The van der Waals surface area contributed by atoms with Crippen molar-refractivity contribution in [3.05, 3.63) is 35.6 Å². The number of carbonyl (C=O) groups is 1. The van der Waals surface area contributed by atoms with Crippen molar-refractivity contribution >= 4 is 6.03 Å². The smallest absolute Gasteiger partial charge is 0.317 e. The predicted molar refractivity (Wildman–Crippen MR) is 68.7 cm³/mol. The van der Waals surface area contributed by atoms with Crippen LogP contribution >= 0.6 is 0 Å². The van der Waals surface area contributed by atoms with Crippen molar-refractivity contribution in [3.8, 4) is 0 Å². The van der Waals surface area contributed by atoms with Gasteiger partial charge in [-0.25, -0.2) is 9.18 Å². The Bertz CT molecular complexity index is 422. The monoisotopic (exact) mass is 250 g/mol. The second-order valence-electron chi connectivity index (χ2n) is 4.83. The molecule has 0 aromatic heterocycles. The molecular formula is C14H19FN2O. The molecule has 1 aromatic carbocycles. The highest BCUT2D eigenvalue weighted by atomic mass is 19.1. The third-order valence-corrected chi connectivity index (χ3v) is 3.40. The van der Waals surface area contributed by atoms with Crippen molar-refractivity contribution in [1.82, 2.24) is 10.2 Å². The maximum Gasteiger partial charge on any atom is 0.317 e. The fourth-order valence-corrected chi connectivity index (χ4v) is 2.33. The number of rotatable bonds is 2. The molecule has 2 amide bonds. The Hall–Kier alpha value is -1.58. The van der Waals surface area contributed by atoms with Gasteiger partial charge in [-0.2, -0.15) is 0 Å². The lowest BCUT2D eigenvalue weighted by atomic mass is 10.0. The first-order valence-electron chi connectivity index (χ1n) is 6.46. The molecule has 0 radical (unpaired) electrons. The minimum Gasteiger partial charge on any atom is -0.334 e. The second kappa shape index (κ2) is 5.85. The molecule has 1 heterocycles. The Morgan fingerprint density at radius 2 is 2.33 bits per heavy atom. The molecule has 18 heavy (non-hydrogen) atoms. The summed E-state index contributed by atoms with van der Waals surface area (Å²) in [6.45, 7) is 3.26. The number of carbonyl (C=O) groups excluding carboxylic acids is 1. The number of nitrogens with zero attached hydrogens (tertiary/aromatic N) is 1. The predicted octanol–water partition coefficient (Wildman–Crippen LogP) is 2.91. The van der Waals surface area contributed by atoms with Crippen LogP contribution in [0.3, 0.4) is 0 Å². The molecule has 0 aliphatic carbocycles. The third kappa shape index (κ3) is 3.22. The number of piperidine rings is 1. The van der Waals surface area contributed by atoms with E-state index < -0.39 is 0 Å². The summed E-state index contributed by atoms with van der Waals surface area (Å²) < 4.78 is 13.0. The molecule has 3 nitrogen and oxygen atoms in total. The zero-order valence-electron chi connectivity index (χ0n) is 10.7. The van der Waals surface area contributed by atoms with Crippen LogP contribution in [0.15, 0.2) is 24.3 Å². The Morgan fingerprint density at radius 3 is 3.06 bits per heavy atom. The van der Waals surface area contributed by atoms with Crippen LogP contribution in [0.25, 0.3) is 0 Å². The summed E-state index contributed by atoms with van der Waals surface area (Å²) in [5, 5.41) is 2.85. The van der Waals surface area contributed by atoms with Gasteiger partial charge in [-0.15, -0.1) is 0 Å². The van der Waals surface area contributed by atoms with Crippen molar-refractivity contribution in [3.63, 3.8) is 0 Å². The van der Waals surface area contributed by atoms with Crippen LogP contribution in [-0.4, -0.2) is 23.5 Å². The number of halogens is 1. The second-order valence-corrected chi connectivity index (χ2v) is 4.83. The molecule has 1 aromatic rings. The molecule has 1 atom stereocenters. The molecular weight excluding hydrogens is 231 g/mol. The fraction of sp³-hybridized carbons (Fsp3) is 0.500. The maximum absolute atomic E-state index is 13.0. The van der Waals surface area contributed by atoms with E-state index in [1.54, 1.807) is 6.07 Å². The van der Waals surface area contributed by atoms with E-state index in [1.165, 1.54) is 18.6 Å². The highest BCUT2D eigenvalue weighted by Crippen LogP contribution is 2.16. The summed E-state index contributed by atoms with van der Waals surface area (Å²) in [6, 6.07) is 6.55. The quantitative estimate of drug-likeness (QED) is 0.860. The van der Waals surface area contributed by atoms with Gasteiger partial charge in [0.15, 0.2) is 0 Å². The molecule has 0 spiro atoms. The molecule has 1 aliphatic rings. The minimum absolute atomic E-state index is 0.0496. The van der Waals surface area contributed by atoms with Crippen molar-refractivity contribution in [1.29, 1.82) is 0 Å². The highest BCUT2D eigenvalue weighted by Gasteiger charge is 2.22. The van der Waals surface area contributed by atoms with E-state index in [1.807, 2.05) is 11.0 Å². The Labute approximate surface area is 107 Å². The van der Waals surface area contributed by atoms with Gasteiger partial charge in [0.25, 0.3) is 0 Å². The summed E-state index contributed by atoms with van der Waals surface area (Å²) in [5.41, 5.74) is 0.785. The molecule has 1 aliphatic heterocycles. The Morgan fingerprint density at radius 1 is 1.50 bits per heavy atom. The highest BCUT2D eigenvalue weighted by molar-refractivity contribution is 5.74. The summed E-state index contributed by atoms with van der Waals surface area (Å²) in [4.78, 5) is 13.9. The molecule has 1 unspecified atom stereocenters. The van der Waals surface area contributed by atoms with Crippen LogP contribution in [-0.2, 0) is 6.54 Å². The molecule has 2 rings (SSSR count). The number of likely N-dealkylation sites (tertiary alicyclic amines) is 1. The van der Waals surface area contributed by atoms with Crippen molar-refractivity contribution in [2.75, 3.05) is 6.54 Å². The molecule has 98 valence electrons. The SMILES string of the molecule is CC1CCCCN1C(=O)NCc1cccc(F)c1. The molecule has 1 N–H and O–H groups in total. The van der Waals surface area contributed by atoms with E-state index in [0.717, 1.165) is 24.9 Å². The fourth-order valence-electron chi connectivity index (χ4n) is 2.33. The lowest BCUT2D eigenvalue weighted by Gasteiger charge is -2.33. The van der Waals surface area contributed by atoms with Gasteiger partial charge in [0.05, 0.1) is 0 Å². The first-order valence-corrected chi connectivity index (χ1v) is 6.46. The number of urea groups is 1. The number of amides is 2. The summed E-state index contributed by atoms with van der Waals surface area (Å²) in [5.74, 6) is -0.270. The number of benzene rings is 1. The number of nitrogens with one attached hydrogen (secondary N) is 1. The van der Waals surface area contributed by atoms with Gasteiger partial charge in [0.2, 0.25) is 0 Å². The molecule has 0 bridgehead atoms. The summed E-state index contributed by atoms with van der Waals surface area (Å²) >= 11 is 0. The van der Waals surface area contributed by atoms with Crippen molar-refractivity contribution in [2.45, 2.75) is 38.8 Å². The van der Waals surface area contributed by atoms with Crippen LogP contribution in [0, 0.1) is 5.82 Å². The Kier molecular flexibility index (Phi) is 4.18. The van der Waals surface area contributed by atoms with Crippen LogP contribution in [0.5, 0.6) is 0 Å². The summed E-state index contributed by atoms with van der Waals surface area (Å²) in [6.07, 6.45) is 3.32. The first-order chi connectivity index (χ1) is 8.66. The van der Waals surface area contributed by atoms with Gasteiger partial charge in [-0.05, 0) is 43.9 Å². The van der Waals surface area contributed by atoms with Gasteiger partial charge >= 0.3 is 6.03 Å². The zero-order valence-corrected chi connectivity index (χ0v) is 10.7. The largest absolute Gasteiger partial charge is 0.334 e. The van der Waals surface area contributed by atoms with Crippen LogP contribution < -0.4 is 5.32 Å². The van der Waals surface area contributed by atoms with E-state index in [-0.39, 0.29) is 11.8 Å². The molecule has 1 saturated heterocycles. The number of hydrogen-bond acceptors (Lipinski definition) is 1. The van der Waals surface area contributed by atoms with Crippen LogP contribution in [0.1, 0.15) is 31.7 Å². The lowest BCUT2D eigenvalue weighted by molar-refractivity contribution is 0.158. The van der Waals surface area contributed by atoms with Gasteiger partial charge in [0, 0.05) is 19.1 Å². The van der Waals surface area contributed by atoms with Gasteiger partial charge in [-0.3, -0.25) is 0 Å². The van der Waals surface area contributed by atoms with Gasteiger partial charge < -0.3 is 10.2 Å². The lowest BCUT2D eigenvalue weighted by Crippen LogP contribution is -2.47. The summed E-state index contributed by atoms with van der Waals surface area (Å²) in [7, 11) is 0. The molecule has 1 fully saturated rings. The van der Waals surface area contributed by atoms with E-state index in [2.05, 4.69) is 12.2 Å². The normalized spacial score (nSPS) is 19.7. The van der Waals surface area contributed by atoms with E-state index in [9.17, 15) is 9.18 Å². The topological polar surface area (TPSA) is 32.3 Å².